The molecule has 0 saturated heterocycles. The van der Waals surface area contributed by atoms with Gasteiger partial charge in [-0.3, -0.25) is 0 Å². The van der Waals surface area contributed by atoms with E-state index in [1.54, 1.807) is 0 Å². The number of rotatable bonds is 5. The lowest BCUT2D eigenvalue weighted by atomic mass is 9.73. The molecule has 1 rings (SSSR count). The van der Waals surface area contributed by atoms with E-state index in [2.05, 4.69) is 27.7 Å². The molecule has 0 bridgehead atoms. The highest BCUT2D eigenvalue weighted by molar-refractivity contribution is 4.76. The molecule has 0 aromatic heterocycles. The molecule has 2 unspecified atom stereocenters. The quantitative estimate of drug-likeness (QED) is 0.579. The van der Waals surface area contributed by atoms with Crippen LogP contribution < -0.4 is 0 Å². The van der Waals surface area contributed by atoms with E-state index in [9.17, 15) is 0 Å². The standard InChI is InChI=1S/C15H30/c1-5-14-8-6-7-9-15(14)11-13(4)10-12(2)3/h12-15H,5-11H2,1-4H3/t13-,14?,15?/m0/s1. The fourth-order valence-electron chi connectivity index (χ4n) is 3.55. The van der Waals surface area contributed by atoms with Crippen molar-refractivity contribution in [1.29, 1.82) is 0 Å². The molecule has 3 atom stereocenters. The fraction of sp³-hybridized carbons (Fsp3) is 1.00. The van der Waals surface area contributed by atoms with Gasteiger partial charge in [0.15, 0.2) is 0 Å². The maximum absolute atomic E-state index is 2.46. The van der Waals surface area contributed by atoms with E-state index in [1.165, 1.54) is 44.9 Å². The van der Waals surface area contributed by atoms with Crippen molar-refractivity contribution in [3.63, 3.8) is 0 Å². The summed E-state index contributed by atoms with van der Waals surface area (Å²) in [5, 5.41) is 0. The summed E-state index contributed by atoms with van der Waals surface area (Å²) in [4.78, 5) is 0. The molecule has 0 aromatic rings. The van der Waals surface area contributed by atoms with Crippen LogP contribution >= 0.6 is 0 Å². The minimum atomic E-state index is 0.878. The molecule has 1 saturated carbocycles. The summed E-state index contributed by atoms with van der Waals surface area (Å²) in [5.74, 6) is 3.93. The molecule has 0 aliphatic heterocycles. The predicted octanol–water partition coefficient (Wildman–Crippen LogP) is 5.28. The van der Waals surface area contributed by atoms with Crippen molar-refractivity contribution in [3.05, 3.63) is 0 Å². The molecule has 1 fully saturated rings. The Bertz CT molecular complexity index is 159. The first-order valence-corrected chi connectivity index (χ1v) is 7.13. The molecule has 0 radical (unpaired) electrons. The number of hydrogen-bond donors (Lipinski definition) is 0. The largest absolute Gasteiger partial charge is 0.0651 e. The zero-order valence-corrected chi connectivity index (χ0v) is 11.3. The molecule has 1 aliphatic rings. The van der Waals surface area contributed by atoms with Gasteiger partial charge in [-0.1, -0.05) is 59.8 Å². The first kappa shape index (κ1) is 13.1. The van der Waals surface area contributed by atoms with Crippen molar-refractivity contribution in [1.82, 2.24) is 0 Å². The van der Waals surface area contributed by atoms with Crippen molar-refractivity contribution >= 4 is 0 Å². The molecule has 15 heavy (non-hydrogen) atoms. The van der Waals surface area contributed by atoms with Gasteiger partial charge in [-0.25, -0.2) is 0 Å². The van der Waals surface area contributed by atoms with Gasteiger partial charge >= 0.3 is 0 Å². The van der Waals surface area contributed by atoms with Gasteiger partial charge in [0.05, 0.1) is 0 Å². The maximum atomic E-state index is 2.46. The molecule has 0 amide bonds. The summed E-state index contributed by atoms with van der Waals surface area (Å²) in [6.07, 6.45) is 10.3. The van der Waals surface area contributed by atoms with E-state index in [1.807, 2.05) is 0 Å². The lowest BCUT2D eigenvalue weighted by Gasteiger charge is -2.33. The fourth-order valence-corrected chi connectivity index (χ4v) is 3.55. The van der Waals surface area contributed by atoms with Crippen LogP contribution in [0.1, 0.15) is 72.6 Å². The van der Waals surface area contributed by atoms with Crippen molar-refractivity contribution in [2.24, 2.45) is 23.7 Å². The Labute approximate surface area is 96.8 Å². The Morgan fingerprint density at radius 3 is 2.13 bits per heavy atom. The van der Waals surface area contributed by atoms with Crippen LogP contribution in [0.15, 0.2) is 0 Å². The van der Waals surface area contributed by atoms with Gasteiger partial charge in [-0.15, -0.1) is 0 Å². The lowest BCUT2D eigenvalue weighted by Crippen LogP contribution is -2.21. The van der Waals surface area contributed by atoms with Crippen LogP contribution in [0.3, 0.4) is 0 Å². The summed E-state index contributed by atoms with van der Waals surface area (Å²) in [6, 6.07) is 0. The minimum Gasteiger partial charge on any atom is -0.0651 e. The van der Waals surface area contributed by atoms with E-state index >= 15 is 0 Å². The van der Waals surface area contributed by atoms with Crippen LogP contribution in [0, 0.1) is 23.7 Å². The summed E-state index contributed by atoms with van der Waals surface area (Å²) in [6.45, 7) is 9.56. The third-order valence-electron chi connectivity index (χ3n) is 4.17. The number of hydrogen-bond acceptors (Lipinski definition) is 0. The van der Waals surface area contributed by atoms with Gasteiger partial charge in [-0.2, -0.15) is 0 Å². The summed E-state index contributed by atoms with van der Waals surface area (Å²) in [5.41, 5.74) is 0. The topological polar surface area (TPSA) is 0 Å². The van der Waals surface area contributed by atoms with E-state index in [-0.39, 0.29) is 0 Å². The van der Waals surface area contributed by atoms with Crippen LogP contribution in [0.25, 0.3) is 0 Å². The highest BCUT2D eigenvalue weighted by Crippen LogP contribution is 2.37. The summed E-state index contributed by atoms with van der Waals surface area (Å²) >= 11 is 0. The highest BCUT2D eigenvalue weighted by atomic mass is 14.3. The monoisotopic (exact) mass is 210 g/mol. The molecule has 1 aliphatic carbocycles. The van der Waals surface area contributed by atoms with Crippen LogP contribution in [0.5, 0.6) is 0 Å². The zero-order valence-electron chi connectivity index (χ0n) is 11.3. The smallest absolute Gasteiger partial charge is 0.0383 e. The molecule has 0 heteroatoms. The normalized spacial score (nSPS) is 29.4. The summed E-state index contributed by atoms with van der Waals surface area (Å²) in [7, 11) is 0. The Morgan fingerprint density at radius 2 is 1.60 bits per heavy atom. The van der Waals surface area contributed by atoms with Gasteiger partial charge in [0.2, 0.25) is 0 Å². The van der Waals surface area contributed by atoms with Crippen LogP contribution in [0.4, 0.5) is 0 Å². The van der Waals surface area contributed by atoms with E-state index in [0.717, 1.165) is 23.7 Å². The lowest BCUT2D eigenvalue weighted by molar-refractivity contribution is 0.187. The summed E-state index contributed by atoms with van der Waals surface area (Å²) < 4.78 is 0. The van der Waals surface area contributed by atoms with Crippen molar-refractivity contribution in [2.45, 2.75) is 72.6 Å². The molecule has 0 N–H and O–H groups in total. The van der Waals surface area contributed by atoms with Crippen LogP contribution in [-0.4, -0.2) is 0 Å². The third-order valence-corrected chi connectivity index (χ3v) is 4.17. The first-order valence-electron chi connectivity index (χ1n) is 7.13. The maximum Gasteiger partial charge on any atom is -0.0383 e. The van der Waals surface area contributed by atoms with Crippen molar-refractivity contribution in [3.8, 4) is 0 Å². The first-order chi connectivity index (χ1) is 7.13. The van der Waals surface area contributed by atoms with Gasteiger partial charge in [-0.05, 0) is 36.5 Å². The molecule has 0 heterocycles. The Kier molecular flexibility index (Phi) is 5.71. The van der Waals surface area contributed by atoms with Gasteiger partial charge in [0, 0.05) is 0 Å². The Balaban J connectivity index is 2.33. The van der Waals surface area contributed by atoms with Gasteiger partial charge < -0.3 is 0 Å². The van der Waals surface area contributed by atoms with Crippen molar-refractivity contribution in [2.75, 3.05) is 0 Å². The van der Waals surface area contributed by atoms with Gasteiger partial charge in [0.25, 0.3) is 0 Å². The Hall–Kier alpha value is 0. The van der Waals surface area contributed by atoms with Crippen LogP contribution in [-0.2, 0) is 0 Å². The van der Waals surface area contributed by atoms with Gasteiger partial charge in [0.1, 0.15) is 0 Å². The van der Waals surface area contributed by atoms with Crippen LogP contribution in [0.2, 0.25) is 0 Å². The molecule has 0 nitrogen and oxygen atoms in total. The molecule has 0 aromatic carbocycles. The second kappa shape index (κ2) is 6.55. The SMILES string of the molecule is CCC1CCCCC1C[C@@H](C)CC(C)C. The Morgan fingerprint density at radius 1 is 1.00 bits per heavy atom. The second-order valence-electron chi connectivity index (χ2n) is 6.18. The van der Waals surface area contributed by atoms with E-state index in [0.29, 0.717) is 0 Å². The predicted molar refractivity (Wildman–Crippen MR) is 69.0 cm³/mol. The van der Waals surface area contributed by atoms with Crippen molar-refractivity contribution < 1.29 is 0 Å². The average Bonchev–Trinajstić information content (AvgIpc) is 2.17. The second-order valence-corrected chi connectivity index (χ2v) is 6.18. The highest BCUT2D eigenvalue weighted by Gasteiger charge is 2.25. The average molecular weight is 210 g/mol. The van der Waals surface area contributed by atoms with E-state index in [4.69, 9.17) is 0 Å². The van der Waals surface area contributed by atoms with E-state index < -0.39 is 0 Å². The third kappa shape index (κ3) is 4.57. The molecule has 0 spiro atoms. The molecular weight excluding hydrogens is 180 g/mol. The molecular formula is C15H30. The zero-order chi connectivity index (χ0) is 11.3. The molecule has 90 valence electrons. The minimum absolute atomic E-state index is 0.878.